The van der Waals surface area contributed by atoms with Crippen LogP contribution in [0.3, 0.4) is 0 Å². The maximum absolute atomic E-state index is 13.3. The van der Waals surface area contributed by atoms with Gasteiger partial charge in [-0.05, 0) is 49.6 Å². The highest BCUT2D eigenvalue weighted by molar-refractivity contribution is 6.46. The van der Waals surface area contributed by atoms with Crippen LogP contribution in [0.5, 0.6) is 11.5 Å². The van der Waals surface area contributed by atoms with E-state index in [4.69, 9.17) is 9.47 Å². The number of aliphatic hydroxyl groups excluding tert-OH is 1. The molecule has 0 spiro atoms. The molecule has 2 heterocycles. The largest absolute Gasteiger partial charge is 0.507 e. The third-order valence-corrected chi connectivity index (χ3v) is 6.55. The molecule has 38 heavy (non-hydrogen) atoms. The number of ketones is 1. The summed E-state index contributed by atoms with van der Waals surface area (Å²) in [5.74, 6) is -0.231. The molecule has 0 bridgehead atoms. The van der Waals surface area contributed by atoms with E-state index in [0.717, 1.165) is 30.6 Å². The van der Waals surface area contributed by atoms with Gasteiger partial charge in [0, 0.05) is 31.0 Å². The molecule has 0 aliphatic carbocycles. The van der Waals surface area contributed by atoms with E-state index < -0.39 is 17.7 Å². The normalized spacial score (nSPS) is 16.7. The molecule has 3 aromatic rings. The lowest BCUT2D eigenvalue weighted by Crippen LogP contribution is -2.31. The Balaban J connectivity index is 1.66. The van der Waals surface area contributed by atoms with Gasteiger partial charge in [0.1, 0.15) is 17.3 Å². The van der Waals surface area contributed by atoms with Gasteiger partial charge in [-0.15, -0.1) is 0 Å². The molecular weight excluding hydrogens is 482 g/mol. The highest BCUT2D eigenvalue weighted by Crippen LogP contribution is 2.40. The van der Waals surface area contributed by atoms with Gasteiger partial charge in [-0.25, -0.2) is 4.98 Å². The first-order valence-electron chi connectivity index (χ1n) is 13.2. The quantitative estimate of drug-likeness (QED) is 0.142. The molecule has 1 aromatic heterocycles. The number of carbonyl (C=O) groups is 2. The number of unbranched alkanes of at least 4 members (excludes halogenated alkanes) is 2. The summed E-state index contributed by atoms with van der Waals surface area (Å²) >= 11 is 0. The maximum Gasteiger partial charge on any atom is 0.295 e. The van der Waals surface area contributed by atoms with E-state index in [0.29, 0.717) is 44.0 Å². The number of Topliss-reactive ketones (excluding diaryl/α,β-unsaturated/α-hetero) is 1. The number of imidazole rings is 1. The fourth-order valence-electron chi connectivity index (χ4n) is 4.64. The number of benzene rings is 2. The Hall–Kier alpha value is -4.07. The Morgan fingerprint density at radius 2 is 1.79 bits per heavy atom. The van der Waals surface area contributed by atoms with Crippen LogP contribution in [0.15, 0.2) is 72.8 Å². The van der Waals surface area contributed by atoms with Gasteiger partial charge in [0.05, 0.1) is 31.2 Å². The van der Waals surface area contributed by atoms with E-state index in [-0.39, 0.29) is 11.3 Å². The predicted molar refractivity (Wildman–Crippen MR) is 145 cm³/mol. The van der Waals surface area contributed by atoms with Crippen LogP contribution < -0.4 is 9.47 Å². The summed E-state index contributed by atoms with van der Waals surface area (Å²) in [6.07, 6.45) is 9.11. The van der Waals surface area contributed by atoms with Crippen LogP contribution in [0.2, 0.25) is 0 Å². The third-order valence-electron chi connectivity index (χ3n) is 6.55. The van der Waals surface area contributed by atoms with Crippen molar-refractivity contribution in [3.05, 3.63) is 84.0 Å². The minimum atomic E-state index is -0.720. The summed E-state index contributed by atoms with van der Waals surface area (Å²) in [4.78, 5) is 32.1. The summed E-state index contributed by atoms with van der Waals surface area (Å²) in [5, 5.41) is 11.3. The molecule has 200 valence electrons. The lowest BCUT2D eigenvalue weighted by atomic mass is 9.95. The third kappa shape index (κ3) is 6.25. The van der Waals surface area contributed by atoms with Gasteiger partial charge in [-0.2, -0.15) is 0 Å². The Bertz CT molecular complexity index is 1250. The number of hydrogen-bond acceptors (Lipinski definition) is 6. The lowest BCUT2D eigenvalue weighted by molar-refractivity contribution is -0.139. The van der Waals surface area contributed by atoms with Crippen molar-refractivity contribution in [1.82, 2.24) is 14.5 Å². The average molecular weight is 518 g/mol. The van der Waals surface area contributed by atoms with Gasteiger partial charge in [-0.3, -0.25) is 9.59 Å². The average Bonchev–Trinajstić information content (AvgIpc) is 3.54. The topological polar surface area (TPSA) is 93.9 Å². The maximum atomic E-state index is 13.3. The molecule has 2 aromatic carbocycles. The Morgan fingerprint density at radius 1 is 0.974 bits per heavy atom. The number of hydrogen-bond donors (Lipinski definition) is 1. The van der Waals surface area contributed by atoms with E-state index in [1.165, 1.54) is 0 Å². The number of nitrogens with zero attached hydrogens (tertiary/aromatic N) is 3. The first-order valence-corrected chi connectivity index (χ1v) is 13.2. The van der Waals surface area contributed by atoms with Gasteiger partial charge < -0.3 is 24.0 Å². The zero-order valence-corrected chi connectivity index (χ0v) is 22.0. The van der Waals surface area contributed by atoms with Crippen molar-refractivity contribution in [2.75, 3.05) is 19.8 Å². The SMILES string of the molecule is CCCCCOc1ccc(C2/C(=C(\O)c3cccc(OCC)c3)C(=O)C(=O)N2CCCn2ccnc2)cc1. The second-order valence-corrected chi connectivity index (χ2v) is 9.23. The minimum Gasteiger partial charge on any atom is -0.507 e. The van der Waals surface area contributed by atoms with Gasteiger partial charge in [0.15, 0.2) is 0 Å². The molecule has 1 saturated heterocycles. The molecule has 4 rings (SSSR count). The molecule has 1 atom stereocenters. The Morgan fingerprint density at radius 3 is 2.50 bits per heavy atom. The van der Waals surface area contributed by atoms with E-state index in [2.05, 4.69) is 11.9 Å². The number of likely N-dealkylation sites (tertiary alicyclic amines) is 1. The van der Waals surface area contributed by atoms with Gasteiger partial charge in [0.2, 0.25) is 0 Å². The Kier molecular flexibility index (Phi) is 9.19. The van der Waals surface area contributed by atoms with Crippen molar-refractivity contribution in [2.45, 2.75) is 52.1 Å². The van der Waals surface area contributed by atoms with Crippen molar-refractivity contribution in [1.29, 1.82) is 0 Å². The van der Waals surface area contributed by atoms with Gasteiger partial charge in [0.25, 0.3) is 11.7 Å². The first-order chi connectivity index (χ1) is 18.5. The highest BCUT2D eigenvalue weighted by atomic mass is 16.5. The molecule has 1 amide bonds. The molecule has 8 heteroatoms. The van der Waals surface area contributed by atoms with Crippen LogP contribution in [0.25, 0.3) is 5.76 Å². The smallest absolute Gasteiger partial charge is 0.295 e. The van der Waals surface area contributed by atoms with Crippen LogP contribution >= 0.6 is 0 Å². The number of carbonyl (C=O) groups excluding carboxylic acids is 2. The van der Waals surface area contributed by atoms with Crippen LogP contribution in [0.1, 0.15) is 56.7 Å². The Labute approximate surface area is 223 Å². The van der Waals surface area contributed by atoms with Crippen LogP contribution in [0.4, 0.5) is 0 Å². The summed E-state index contributed by atoms with van der Waals surface area (Å²) in [5.41, 5.74) is 1.23. The molecule has 0 radical (unpaired) electrons. The highest BCUT2D eigenvalue weighted by Gasteiger charge is 2.45. The molecule has 8 nitrogen and oxygen atoms in total. The number of amides is 1. The monoisotopic (exact) mass is 517 g/mol. The molecule has 0 saturated carbocycles. The number of aryl methyl sites for hydroxylation is 1. The molecule has 1 fully saturated rings. The zero-order chi connectivity index (χ0) is 26.9. The zero-order valence-electron chi connectivity index (χ0n) is 22.0. The minimum absolute atomic E-state index is 0.0721. The van der Waals surface area contributed by atoms with E-state index >= 15 is 0 Å². The van der Waals surface area contributed by atoms with E-state index in [1.54, 1.807) is 41.7 Å². The molecule has 1 aliphatic rings. The van der Waals surface area contributed by atoms with Crippen LogP contribution in [0, 0.1) is 0 Å². The number of rotatable bonds is 13. The number of aromatic nitrogens is 2. The standard InChI is InChI=1S/C30H35N3O5/c1-3-5-6-19-38-24-13-11-22(12-14-24)27-26(28(34)23-9-7-10-25(20-23)37-4-2)29(35)30(36)33(27)17-8-16-32-18-15-31-21-32/h7,9-15,18,20-21,27,34H,3-6,8,16-17,19H2,1-2H3/b28-26+. The molecule has 1 N–H and O–H groups in total. The number of ether oxygens (including phenoxy) is 2. The fourth-order valence-corrected chi connectivity index (χ4v) is 4.64. The van der Waals surface area contributed by atoms with Gasteiger partial charge in [-0.1, -0.05) is 44.0 Å². The van der Waals surface area contributed by atoms with Gasteiger partial charge >= 0.3 is 0 Å². The summed E-state index contributed by atoms with van der Waals surface area (Å²) in [7, 11) is 0. The fraction of sp³-hybridized carbons (Fsp3) is 0.367. The van der Waals surface area contributed by atoms with Crippen molar-refractivity contribution < 1.29 is 24.2 Å². The summed E-state index contributed by atoms with van der Waals surface area (Å²) in [6.45, 7) is 6.12. The summed E-state index contributed by atoms with van der Waals surface area (Å²) in [6, 6.07) is 13.6. The lowest BCUT2D eigenvalue weighted by Gasteiger charge is -2.25. The van der Waals surface area contributed by atoms with Crippen molar-refractivity contribution in [2.24, 2.45) is 0 Å². The second kappa shape index (κ2) is 12.9. The van der Waals surface area contributed by atoms with E-state index in [9.17, 15) is 14.7 Å². The van der Waals surface area contributed by atoms with Crippen molar-refractivity contribution >= 4 is 17.4 Å². The van der Waals surface area contributed by atoms with Crippen molar-refractivity contribution in [3.63, 3.8) is 0 Å². The van der Waals surface area contributed by atoms with Crippen molar-refractivity contribution in [3.8, 4) is 11.5 Å². The molecule has 1 unspecified atom stereocenters. The van der Waals surface area contributed by atoms with E-state index in [1.807, 2.05) is 42.0 Å². The van der Waals surface area contributed by atoms with Crippen LogP contribution in [-0.2, 0) is 16.1 Å². The first kappa shape index (κ1) is 27.0. The number of aliphatic hydroxyl groups is 1. The molecule has 1 aliphatic heterocycles. The molecular formula is C30H35N3O5. The second-order valence-electron chi connectivity index (χ2n) is 9.23. The summed E-state index contributed by atoms with van der Waals surface area (Å²) < 4.78 is 13.3. The van der Waals surface area contributed by atoms with Crippen LogP contribution in [-0.4, -0.2) is 51.0 Å². The predicted octanol–water partition coefficient (Wildman–Crippen LogP) is 5.36.